The molecule has 1 aliphatic rings. The molecule has 0 saturated carbocycles. The first-order chi connectivity index (χ1) is 12.6. The average Bonchev–Trinajstić information content (AvgIpc) is 2.59. The number of hydrogen-bond donors (Lipinski definition) is 1. The molecular formula is C18H23F4NO4. The molecule has 0 aliphatic carbocycles. The zero-order valence-electron chi connectivity index (χ0n) is 15.1. The van der Waals surface area contributed by atoms with Crippen molar-refractivity contribution in [2.24, 2.45) is 0 Å². The van der Waals surface area contributed by atoms with Gasteiger partial charge < -0.3 is 14.6 Å². The highest BCUT2D eigenvalue weighted by atomic mass is 19.4. The molecule has 1 saturated heterocycles. The van der Waals surface area contributed by atoms with Crippen molar-refractivity contribution in [2.45, 2.75) is 50.4 Å². The van der Waals surface area contributed by atoms with Gasteiger partial charge in [0.15, 0.2) is 6.10 Å². The molecule has 4 unspecified atom stereocenters. The summed E-state index contributed by atoms with van der Waals surface area (Å²) >= 11 is 0. The number of nitrogens with zero attached hydrogens (tertiary/aromatic N) is 1. The van der Waals surface area contributed by atoms with Crippen molar-refractivity contribution < 1.29 is 36.9 Å². The second kappa shape index (κ2) is 8.53. The zero-order chi connectivity index (χ0) is 20.2. The van der Waals surface area contributed by atoms with Crippen molar-refractivity contribution in [3.8, 4) is 0 Å². The van der Waals surface area contributed by atoms with E-state index in [0.29, 0.717) is 6.54 Å². The molecule has 0 spiro atoms. The van der Waals surface area contributed by atoms with E-state index >= 15 is 0 Å². The van der Waals surface area contributed by atoms with Gasteiger partial charge in [0.1, 0.15) is 12.3 Å². The van der Waals surface area contributed by atoms with Gasteiger partial charge in [-0.25, -0.2) is 9.18 Å². The normalized spacial score (nSPS) is 26.4. The van der Waals surface area contributed by atoms with E-state index in [0.717, 1.165) is 5.56 Å². The second-order valence-corrected chi connectivity index (χ2v) is 6.89. The summed E-state index contributed by atoms with van der Waals surface area (Å²) in [5.41, 5.74) is -0.545. The summed E-state index contributed by atoms with van der Waals surface area (Å²) in [6.07, 6.45) is -8.17. The molecular weight excluding hydrogens is 370 g/mol. The molecule has 2 rings (SSSR count). The van der Waals surface area contributed by atoms with Crippen molar-refractivity contribution in [3.05, 3.63) is 35.9 Å². The Bertz CT molecular complexity index is 626. The summed E-state index contributed by atoms with van der Waals surface area (Å²) in [5, 5.41) is 9.93. The van der Waals surface area contributed by atoms with Gasteiger partial charge in [-0.15, -0.1) is 0 Å². The highest BCUT2D eigenvalue weighted by Gasteiger charge is 2.50. The average molecular weight is 393 g/mol. The largest absolute Gasteiger partial charge is 0.490 e. The van der Waals surface area contributed by atoms with Crippen molar-refractivity contribution in [2.75, 3.05) is 19.8 Å². The number of ether oxygens (including phenoxy) is 2. The van der Waals surface area contributed by atoms with E-state index in [1.165, 1.54) is 13.8 Å². The van der Waals surface area contributed by atoms with Crippen LogP contribution in [0.25, 0.3) is 0 Å². The summed E-state index contributed by atoms with van der Waals surface area (Å²) < 4.78 is 61.3. The Balaban J connectivity index is 2.21. The van der Waals surface area contributed by atoms with E-state index in [1.54, 1.807) is 4.90 Å². The summed E-state index contributed by atoms with van der Waals surface area (Å²) in [5.74, 6) is -2.40. The van der Waals surface area contributed by atoms with E-state index in [9.17, 15) is 27.5 Å². The minimum absolute atomic E-state index is 0.0167. The van der Waals surface area contributed by atoms with Gasteiger partial charge in [0.2, 0.25) is 0 Å². The number of rotatable bonds is 6. The Morgan fingerprint density at radius 3 is 2.56 bits per heavy atom. The molecule has 1 aromatic rings. The fourth-order valence-electron chi connectivity index (χ4n) is 3.20. The van der Waals surface area contributed by atoms with Gasteiger partial charge in [0.25, 0.3) is 0 Å². The van der Waals surface area contributed by atoms with Gasteiger partial charge in [-0.1, -0.05) is 30.3 Å². The number of esters is 1. The van der Waals surface area contributed by atoms with Crippen LogP contribution in [0.4, 0.5) is 17.6 Å². The van der Waals surface area contributed by atoms with Crippen LogP contribution in [0.3, 0.4) is 0 Å². The molecule has 1 fully saturated rings. The summed E-state index contributed by atoms with van der Waals surface area (Å²) in [6.45, 7) is 2.18. The van der Waals surface area contributed by atoms with Crippen LogP contribution in [0.5, 0.6) is 0 Å². The first kappa shape index (κ1) is 21.6. The molecule has 0 bridgehead atoms. The van der Waals surface area contributed by atoms with Crippen LogP contribution in [-0.2, 0) is 20.8 Å². The molecule has 0 aromatic heterocycles. The van der Waals surface area contributed by atoms with Crippen LogP contribution in [0.15, 0.2) is 30.3 Å². The van der Waals surface area contributed by atoms with E-state index in [1.807, 2.05) is 30.3 Å². The zero-order valence-corrected chi connectivity index (χ0v) is 15.1. The first-order valence-electron chi connectivity index (χ1n) is 8.50. The number of benzene rings is 1. The Morgan fingerprint density at radius 2 is 2.04 bits per heavy atom. The van der Waals surface area contributed by atoms with Crippen molar-refractivity contribution in [1.82, 2.24) is 4.90 Å². The maximum absolute atomic E-state index is 13.4. The SMILES string of the molecule is CC(O)C(OC(=O)C(F)(F)F)C1(C)CN(Cc2ccccc2)C(CF)CO1. The van der Waals surface area contributed by atoms with Gasteiger partial charge in [-0.2, -0.15) is 13.2 Å². The maximum atomic E-state index is 13.4. The Morgan fingerprint density at radius 1 is 1.41 bits per heavy atom. The molecule has 0 radical (unpaired) electrons. The molecule has 5 nitrogen and oxygen atoms in total. The lowest BCUT2D eigenvalue weighted by atomic mass is 9.91. The number of alkyl halides is 4. The van der Waals surface area contributed by atoms with Gasteiger partial charge >= 0.3 is 12.1 Å². The Kier molecular flexibility index (Phi) is 6.82. The summed E-state index contributed by atoms with van der Waals surface area (Å²) in [4.78, 5) is 13.0. The topological polar surface area (TPSA) is 59.0 Å². The van der Waals surface area contributed by atoms with E-state index in [4.69, 9.17) is 4.74 Å². The van der Waals surface area contributed by atoms with E-state index < -0.39 is 42.7 Å². The van der Waals surface area contributed by atoms with Crippen LogP contribution >= 0.6 is 0 Å². The van der Waals surface area contributed by atoms with Crippen LogP contribution in [0.2, 0.25) is 0 Å². The molecule has 152 valence electrons. The second-order valence-electron chi connectivity index (χ2n) is 6.89. The number of hydrogen-bond acceptors (Lipinski definition) is 5. The summed E-state index contributed by atoms with van der Waals surface area (Å²) in [6, 6.07) is 8.58. The fourth-order valence-corrected chi connectivity index (χ4v) is 3.20. The Labute approximate surface area is 154 Å². The lowest BCUT2D eigenvalue weighted by Crippen LogP contribution is -2.63. The Hall–Kier alpha value is -1.71. The van der Waals surface area contributed by atoms with Crippen LogP contribution < -0.4 is 0 Å². The van der Waals surface area contributed by atoms with E-state index in [2.05, 4.69) is 4.74 Å². The lowest BCUT2D eigenvalue weighted by Gasteiger charge is -2.48. The van der Waals surface area contributed by atoms with Gasteiger partial charge in [0.05, 0.1) is 18.8 Å². The number of carbonyl (C=O) groups excluding carboxylic acids is 1. The monoisotopic (exact) mass is 393 g/mol. The third-order valence-electron chi connectivity index (χ3n) is 4.55. The van der Waals surface area contributed by atoms with Gasteiger partial charge in [-0.3, -0.25) is 4.90 Å². The maximum Gasteiger partial charge on any atom is 0.490 e. The van der Waals surface area contributed by atoms with Gasteiger partial charge in [-0.05, 0) is 19.4 Å². The van der Waals surface area contributed by atoms with Gasteiger partial charge in [0, 0.05) is 13.1 Å². The number of carbonyl (C=O) groups is 1. The molecule has 1 N–H and O–H groups in total. The van der Waals surface area contributed by atoms with Crippen molar-refractivity contribution in [3.63, 3.8) is 0 Å². The molecule has 0 amide bonds. The quantitative estimate of drug-likeness (QED) is 0.595. The summed E-state index contributed by atoms with van der Waals surface area (Å²) in [7, 11) is 0. The number of morpholine rings is 1. The van der Waals surface area contributed by atoms with Crippen LogP contribution in [-0.4, -0.2) is 65.8 Å². The lowest BCUT2D eigenvalue weighted by molar-refractivity contribution is -0.240. The number of aliphatic hydroxyl groups excluding tert-OH is 1. The van der Waals surface area contributed by atoms with Crippen LogP contribution in [0, 0.1) is 0 Å². The fraction of sp³-hybridized carbons (Fsp3) is 0.611. The predicted molar refractivity (Wildman–Crippen MR) is 88.6 cm³/mol. The third kappa shape index (κ3) is 5.40. The van der Waals surface area contributed by atoms with E-state index in [-0.39, 0.29) is 13.2 Å². The number of aliphatic hydroxyl groups is 1. The highest BCUT2D eigenvalue weighted by Crippen LogP contribution is 2.31. The first-order valence-corrected chi connectivity index (χ1v) is 8.50. The highest BCUT2D eigenvalue weighted by molar-refractivity contribution is 5.75. The molecule has 27 heavy (non-hydrogen) atoms. The molecule has 4 atom stereocenters. The molecule has 1 heterocycles. The minimum Gasteiger partial charge on any atom is -0.450 e. The smallest absolute Gasteiger partial charge is 0.450 e. The van der Waals surface area contributed by atoms with Crippen LogP contribution in [0.1, 0.15) is 19.4 Å². The standard InChI is InChI=1S/C18H23F4NO4/c1-12(24)15(27-16(25)18(20,21)22)17(2)11-23(14(8-19)10-26-17)9-13-6-4-3-5-7-13/h3-7,12,14-15,24H,8-11H2,1-2H3. The van der Waals surface area contributed by atoms with Crippen molar-refractivity contribution >= 4 is 5.97 Å². The van der Waals surface area contributed by atoms with Crippen molar-refractivity contribution in [1.29, 1.82) is 0 Å². The molecule has 1 aliphatic heterocycles. The molecule has 9 heteroatoms. The third-order valence-corrected chi connectivity index (χ3v) is 4.55. The predicted octanol–water partition coefficient (Wildman–Crippen LogP) is 2.47. The molecule has 1 aromatic carbocycles. The minimum atomic E-state index is -5.19. The number of halogens is 4.